The van der Waals surface area contributed by atoms with E-state index in [-0.39, 0.29) is 11.4 Å². The van der Waals surface area contributed by atoms with E-state index in [1.807, 2.05) is 0 Å². The number of halogens is 4. The molecule has 0 radical (unpaired) electrons. The van der Waals surface area contributed by atoms with Gasteiger partial charge in [-0.3, -0.25) is 4.84 Å². The third-order valence-corrected chi connectivity index (χ3v) is 2.41. The number of hydrogen-bond acceptors (Lipinski definition) is 3. The van der Waals surface area contributed by atoms with E-state index in [4.69, 9.17) is 4.84 Å². The number of urea groups is 1. The molecule has 1 aromatic carbocycles. The van der Waals surface area contributed by atoms with Gasteiger partial charge in [-0.25, -0.2) is 9.18 Å². The van der Waals surface area contributed by atoms with E-state index in [0.29, 0.717) is 0 Å². The Kier molecular flexibility index (Phi) is 5.46. The van der Waals surface area contributed by atoms with E-state index in [1.54, 1.807) is 0 Å². The standard InChI is InChI=1S/C11H12ClF3N2O3/c1-16-10(18)17(19-2)7-3-5-8(6-4-7)20-11(14,15)9(12)13/h3-6,9H,1-2H3,(H,16,18). The molecule has 1 N–H and O–H groups in total. The molecule has 1 aromatic rings. The summed E-state index contributed by atoms with van der Waals surface area (Å²) >= 11 is 4.66. The highest BCUT2D eigenvalue weighted by molar-refractivity contribution is 6.20. The molecule has 0 aliphatic heterocycles. The molecule has 0 saturated carbocycles. The van der Waals surface area contributed by atoms with Crippen molar-refractivity contribution in [2.75, 3.05) is 19.2 Å². The van der Waals surface area contributed by atoms with Gasteiger partial charge in [0.2, 0.25) is 0 Å². The van der Waals surface area contributed by atoms with Crippen molar-refractivity contribution < 1.29 is 27.5 Å². The van der Waals surface area contributed by atoms with Crippen molar-refractivity contribution in [2.45, 2.75) is 11.7 Å². The number of rotatable bonds is 5. The molecule has 1 rings (SSSR count). The van der Waals surface area contributed by atoms with Crippen LogP contribution in [0.5, 0.6) is 5.75 Å². The summed E-state index contributed by atoms with van der Waals surface area (Å²) in [5.74, 6) is -0.310. The largest absolute Gasteiger partial charge is 0.444 e. The van der Waals surface area contributed by atoms with E-state index in [1.165, 1.54) is 26.3 Å². The molecule has 112 valence electrons. The maximum atomic E-state index is 12.9. The van der Waals surface area contributed by atoms with Crippen LogP contribution in [-0.2, 0) is 4.84 Å². The molecule has 0 heterocycles. The van der Waals surface area contributed by atoms with Crippen LogP contribution >= 0.6 is 11.6 Å². The Balaban J connectivity index is 2.86. The van der Waals surface area contributed by atoms with Gasteiger partial charge < -0.3 is 10.1 Å². The SMILES string of the molecule is CNC(=O)N(OC)c1ccc(OC(F)(F)C(F)Cl)cc1. The van der Waals surface area contributed by atoms with Gasteiger partial charge in [-0.05, 0) is 24.3 Å². The summed E-state index contributed by atoms with van der Waals surface area (Å²) in [5, 5.41) is 3.22. The summed E-state index contributed by atoms with van der Waals surface area (Å²) in [6.45, 7) is 0. The van der Waals surface area contributed by atoms with Gasteiger partial charge >= 0.3 is 12.1 Å². The fraction of sp³-hybridized carbons (Fsp3) is 0.364. The maximum Gasteiger partial charge on any atom is 0.444 e. The van der Waals surface area contributed by atoms with Crippen LogP contribution in [0.4, 0.5) is 23.7 Å². The zero-order chi connectivity index (χ0) is 15.3. The van der Waals surface area contributed by atoms with Crippen LogP contribution in [0, 0.1) is 0 Å². The maximum absolute atomic E-state index is 12.9. The highest BCUT2D eigenvalue weighted by Crippen LogP contribution is 2.29. The number of hydrogen-bond donors (Lipinski definition) is 1. The molecule has 0 fully saturated rings. The normalized spacial score (nSPS) is 12.7. The van der Waals surface area contributed by atoms with Gasteiger partial charge in [-0.2, -0.15) is 13.8 Å². The first-order valence-electron chi connectivity index (χ1n) is 5.32. The van der Waals surface area contributed by atoms with E-state index < -0.39 is 17.8 Å². The zero-order valence-corrected chi connectivity index (χ0v) is 11.3. The number of amides is 2. The number of carbonyl (C=O) groups excluding carboxylic acids is 1. The number of ether oxygens (including phenoxy) is 1. The first kappa shape index (κ1) is 16.4. The minimum atomic E-state index is -4.15. The van der Waals surface area contributed by atoms with Gasteiger partial charge in [0.15, 0.2) is 0 Å². The van der Waals surface area contributed by atoms with Crippen molar-refractivity contribution >= 4 is 23.3 Å². The molecular weight excluding hydrogens is 301 g/mol. The molecule has 0 bridgehead atoms. The smallest absolute Gasteiger partial charge is 0.429 e. The summed E-state index contributed by atoms with van der Waals surface area (Å²) < 4.78 is 42.3. The van der Waals surface area contributed by atoms with Crippen molar-refractivity contribution in [1.82, 2.24) is 5.32 Å². The van der Waals surface area contributed by atoms with Crippen LogP contribution in [-0.4, -0.2) is 31.9 Å². The summed E-state index contributed by atoms with van der Waals surface area (Å²) in [6.07, 6.45) is -4.15. The van der Waals surface area contributed by atoms with E-state index >= 15 is 0 Å². The minimum absolute atomic E-state index is 0.269. The predicted molar refractivity (Wildman–Crippen MR) is 66.7 cm³/mol. The van der Waals surface area contributed by atoms with Gasteiger partial charge in [0, 0.05) is 7.05 Å². The van der Waals surface area contributed by atoms with Crippen molar-refractivity contribution in [3.05, 3.63) is 24.3 Å². The molecule has 0 aliphatic rings. The Morgan fingerprint density at radius 2 is 1.95 bits per heavy atom. The lowest BCUT2D eigenvalue weighted by atomic mass is 10.3. The fourth-order valence-electron chi connectivity index (χ4n) is 1.26. The topological polar surface area (TPSA) is 50.8 Å². The molecule has 0 spiro atoms. The van der Waals surface area contributed by atoms with E-state index in [0.717, 1.165) is 17.2 Å². The Morgan fingerprint density at radius 1 is 1.40 bits per heavy atom. The number of nitrogens with zero attached hydrogens (tertiary/aromatic N) is 1. The number of alkyl halides is 4. The lowest BCUT2D eigenvalue weighted by Gasteiger charge is -2.20. The first-order chi connectivity index (χ1) is 9.31. The Morgan fingerprint density at radius 3 is 2.35 bits per heavy atom. The van der Waals surface area contributed by atoms with Gasteiger partial charge in [0.05, 0.1) is 12.8 Å². The number of anilines is 1. The van der Waals surface area contributed by atoms with E-state index in [2.05, 4.69) is 21.7 Å². The van der Waals surface area contributed by atoms with Crippen molar-refractivity contribution in [1.29, 1.82) is 0 Å². The van der Waals surface area contributed by atoms with Crippen molar-refractivity contribution in [2.24, 2.45) is 0 Å². The van der Waals surface area contributed by atoms with Gasteiger partial charge in [0.1, 0.15) is 5.75 Å². The molecule has 9 heteroatoms. The summed E-state index contributed by atoms with van der Waals surface area (Å²) in [7, 11) is 2.66. The predicted octanol–water partition coefficient (Wildman–Crippen LogP) is 2.90. The summed E-state index contributed by atoms with van der Waals surface area (Å²) in [6, 6.07) is 4.25. The van der Waals surface area contributed by atoms with Gasteiger partial charge in [-0.15, -0.1) is 0 Å². The average molecular weight is 313 g/mol. The van der Waals surface area contributed by atoms with Crippen LogP contribution in [0.3, 0.4) is 0 Å². The van der Waals surface area contributed by atoms with Crippen LogP contribution in [0.1, 0.15) is 0 Å². The Labute approximate surface area is 118 Å². The fourth-order valence-corrected chi connectivity index (χ4v) is 1.30. The minimum Gasteiger partial charge on any atom is -0.429 e. The lowest BCUT2D eigenvalue weighted by Crippen LogP contribution is -2.37. The molecule has 5 nitrogen and oxygen atoms in total. The quantitative estimate of drug-likeness (QED) is 0.672. The van der Waals surface area contributed by atoms with Crippen molar-refractivity contribution in [3.8, 4) is 5.75 Å². The summed E-state index contributed by atoms with van der Waals surface area (Å²) in [5.41, 5.74) is -2.70. The lowest BCUT2D eigenvalue weighted by molar-refractivity contribution is -0.199. The van der Waals surface area contributed by atoms with Crippen LogP contribution in [0.2, 0.25) is 0 Å². The average Bonchev–Trinajstić information content (AvgIpc) is 2.40. The highest BCUT2D eigenvalue weighted by atomic mass is 35.5. The molecule has 20 heavy (non-hydrogen) atoms. The zero-order valence-electron chi connectivity index (χ0n) is 10.6. The second-order valence-electron chi connectivity index (χ2n) is 3.49. The first-order valence-corrected chi connectivity index (χ1v) is 5.76. The van der Waals surface area contributed by atoms with Crippen LogP contribution < -0.4 is 15.1 Å². The second kappa shape index (κ2) is 6.67. The molecule has 2 amide bonds. The molecule has 0 aromatic heterocycles. The van der Waals surface area contributed by atoms with E-state index in [9.17, 15) is 18.0 Å². The van der Waals surface area contributed by atoms with Crippen molar-refractivity contribution in [3.63, 3.8) is 0 Å². The Hall–Kier alpha value is -1.67. The molecule has 0 saturated heterocycles. The monoisotopic (exact) mass is 312 g/mol. The second-order valence-corrected chi connectivity index (χ2v) is 3.87. The van der Waals surface area contributed by atoms with Gasteiger partial charge in [-0.1, -0.05) is 11.6 Å². The molecule has 1 unspecified atom stereocenters. The molecule has 0 aliphatic carbocycles. The Bertz CT molecular complexity index is 457. The highest BCUT2D eigenvalue weighted by Gasteiger charge is 2.42. The molecular formula is C11H12ClF3N2O3. The van der Waals surface area contributed by atoms with Crippen LogP contribution in [0.25, 0.3) is 0 Å². The third-order valence-electron chi connectivity index (χ3n) is 2.16. The van der Waals surface area contributed by atoms with Crippen LogP contribution in [0.15, 0.2) is 24.3 Å². The third kappa shape index (κ3) is 3.91. The number of benzene rings is 1. The summed E-state index contributed by atoms with van der Waals surface area (Å²) in [4.78, 5) is 16.2. The number of carbonyl (C=O) groups is 1. The number of hydroxylamine groups is 1. The number of nitrogens with one attached hydrogen (secondary N) is 1. The molecule has 1 atom stereocenters. The van der Waals surface area contributed by atoms with Gasteiger partial charge in [0.25, 0.3) is 5.63 Å².